The number of aliphatic hydroxyl groups is 1. The number of methoxy groups -OCH3 is 1. The van der Waals surface area contributed by atoms with Gasteiger partial charge in [-0.25, -0.2) is 4.98 Å². The zero-order chi connectivity index (χ0) is 22.8. The zero-order valence-electron chi connectivity index (χ0n) is 18.4. The van der Waals surface area contributed by atoms with E-state index in [0.29, 0.717) is 29.6 Å². The van der Waals surface area contributed by atoms with Crippen LogP contribution in [0.25, 0.3) is 11.4 Å². The van der Waals surface area contributed by atoms with Crippen molar-refractivity contribution >= 4 is 11.8 Å². The molecule has 1 aliphatic rings. The summed E-state index contributed by atoms with van der Waals surface area (Å²) < 4.78 is 11.9. The Balaban J connectivity index is 1.62. The van der Waals surface area contributed by atoms with Gasteiger partial charge in [-0.3, -0.25) is 4.98 Å². The van der Waals surface area contributed by atoms with Gasteiger partial charge in [0.25, 0.3) is 0 Å². The topological polar surface area (TPSA) is 77.4 Å². The minimum absolute atomic E-state index is 0.0963. The van der Waals surface area contributed by atoms with Gasteiger partial charge in [-0.15, -0.1) is 11.8 Å². The second-order valence-electron chi connectivity index (χ2n) is 7.72. The van der Waals surface area contributed by atoms with Crippen LogP contribution in [0.15, 0.2) is 65.8 Å². The predicted molar refractivity (Wildman–Crippen MR) is 128 cm³/mol. The Labute approximate surface area is 196 Å². The molecular weight excluding hydrogens is 434 g/mol. The van der Waals surface area contributed by atoms with E-state index in [9.17, 15) is 5.11 Å². The van der Waals surface area contributed by atoms with Crippen LogP contribution in [0.1, 0.15) is 27.9 Å². The van der Waals surface area contributed by atoms with Crippen molar-refractivity contribution in [2.24, 2.45) is 0 Å². The molecule has 33 heavy (non-hydrogen) atoms. The quantitative estimate of drug-likeness (QED) is 0.272. The average Bonchev–Trinajstić information content (AvgIpc) is 2.87. The number of aryl methyl sites for hydroxylation is 1. The highest BCUT2D eigenvalue weighted by molar-refractivity contribution is 7.98. The van der Waals surface area contributed by atoms with E-state index in [4.69, 9.17) is 19.4 Å². The lowest BCUT2D eigenvalue weighted by molar-refractivity contribution is 0.278. The molecule has 6 nitrogen and oxygen atoms in total. The average molecular weight is 458 g/mol. The lowest BCUT2D eigenvalue weighted by Crippen LogP contribution is -2.13. The number of aromatic nitrogens is 3. The highest BCUT2D eigenvalue weighted by atomic mass is 32.2. The number of rotatable bonds is 6. The van der Waals surface area contributed by atoms with E-state index in [-0.39, 0.29) is 6.61 Å². The normalized spacial score (nSPS) is 12.0. The summed E-state index contributed by atoms with van der Waals surface area (Å²) in [6.07, 6.45) is 2.29. The highest BCUT2D eigenvalue weighted by Crippen LogP contribution is 2.43. The summed E-state index contributed by atoms with van der Waals surface area (Å²) in [5.41, 5.74) is 5.40. The maximum absolute atomic E-state index is 9.86. The maximum Gasteiger partial charge on any atom is 0.227 e. The van der Waals surface area contributed by atoms with Crippen molar-refractivity contribution < 1.29 is 14.6 Å². The lowest BCUT2D eigenvalue weighted by atomic mass is 9.99. The van der Waals surface area contributed by atoms with E-state index < -0.39 is 0 Å². The largest absolute Gasteiger partial charge is 0.496 e. The van der Waals surface area contributed by atoms with Crippen LogP contribution in [0, 0.1) is 6.92 Å². The van der Waals surface area contributed by atoms with Crippen molar-refractivity contribution in [1.82, 2.24) is 15.0 Å². The van der Waals surface area contributed by atoms with Gasteiger partial charge in [-0.05, 0) is 24.6 Å². The molecule has 4 aromatic rings. The third kappa shape index (κ3) is 4.17. The van der Waals surface area contributed by atoms with Gasteiger partial charge in [-0.2, -0.15) is 4.98 Å². The molecule has 0 fully saturated rings. The molecule has 166 valence electrons. The van der Waals surface area contributed by atoms with Gasteiger partial charge in [0.15, 0.2) is 11.6 Å². The number of benzene rings is 2. The van der Waals surface area contributed by atoms with Gasteiger partial charge in [0.2, 0.25) is 5.88 Å². The van der Waals surface area contributed by atoms with E-state index in [0.717, 1.165) is 38.7 Å². The fourth-order valence-electron chi connectivity index (χ4n) is 3.89. The van der Waals surface area contributed by atoms with Crippen LogP contribution in [-0.2, 0) is 18.8 Å². The van der Waals surface area contributed by atoms with Crippen LogP contribution in [-0.4, -0.2) is 27.2 Å². The summed E-state index contributed by atoms with van der Waals surface area (Å²) in [5, 5.41) is 10.7. The minimum atomic E-state index is -0.0963. The van der Waals surface area contributed by atoms with Crippen LogP contribution < -0.4 is 9.47 Å². The molecule has 1 aliphatic heterocycles. The third-order valence-electron chi connectivity index (χ3n) is 5.62. The molecule has 0 bridgehead atoms. The summed E-state index contributed by atoms with van der Waals surface area (Å²) >= 11 is 1.65. The Bertz CT molecular complexity index is 1310. The number of aliphatic hydroxyl groups excluding tert-OH is 1. The second-order valence-corrected chi connectivity index (χ2v) is 8.69. The molecule has 0 aliphatic carbocycles. The Morgan fingerprint density at radius 2 is 1.82 bits per heavy atom. The fourth-order valence-corrected chi connectivity index (χ4v) is 4.87. The molecule has 2 aromatic heterocycles. The van der Waals surface area contributed by atoms with Crippen LogP contribution >= 0.6 is 11.8 Å². The fraction of sp³-hybridized carbons (Fsp3) is 0.192. The summed E-state index contributed by atoms with van der Waals surface area (Å²) in [4.78, 5) is 14.1. The van der Waals surface area contributed by atoms with Crippen LogP contribution in [0.4, 0.5) is 0 Å². The zero-order valence-corrected chi connectivity index (χ0v) is 19.2. The molecule has 5 rings (SSSR count). The first-order chi connectivity index (χ1) is 16.2. The second kappa shape index (κ2) is 9.21. The molecule has 0 amide bonds. The van der Waals surface area contributed by atoms with Crippen LogP contribution in [0.5, 0.6) is 17.4 Å². The molecule has 0 saturated carbocycles. The summed E-state index contributed by atoms with van der Waals surface area (Å²) in [6, 6.07) is 18.0. The minimum Gasteiger partial charge on any atom is -0.496 e. The highest BCUT2D eigenvalue weighted by Gasteiger charge is 2.28. The number of fused-ring (bicyclic) bond motifs is 2. The number of pyridine rings is 1. The Kier molecular flexibility index (Phi) is 5.98. The van der Waals surface area contributed by atoms with Crippen molar-refractivity contribution in [1.29, 1.82) is 0 Å². The molecule has 0 unspecified atom stereocenters. The summed E-state index contributed by atoms with van der Waals surface area (Å²) in [5.74, 6) is 3.21. The Morgan fingerprint density at radius 1 is 1.03 bits per heavy atom. The number of para-hydroxylation sites is 1. The van der Waals surface area contributed by atoms with Crippen molar-refractivity contribution in [2.45, 2.75) is 30.7 Å². The number of hydrogen-bond acceptors (Lipinski definition) is 7. The standard InChI is InChI=1S/C26H23N3O3S/c1-16-23-20(18(14-30)13-27-16)12-21-25(32-23)28-24(19-10-6-7-11-22(19)31-2)29-26(21)33-15-17-8-4-3-5-9-17/h3-11,13,30H,12,14-15H2,1-2H3. The Morgan fingerprint density at radius 3 is 2.61 bits per heavy atom. The lowest BCUT2D eigenvalue weighted by Gasteiger charge is -2.24. The molecular formula is C26H23N3O3S. The molecule has 3 heterocycles. The van der Waals surface area contributed by atoms with E-state index in [2.05, 4.69) is 17.1 Å². The smallest absolute Gasteiger partial charge is 0.227 e. The molecule has 1 N–H and O–H groups in total. The first-order valence-corrected chi connectivity index (χ1v) is 11.6. The Hall–Kier alpha value is -3.42. The van der Waals surface area contributed by atoms with Gasteiger partial charge in [-0.1, -0.05) is 42.5 Å². The molecule has 0 atom stereocenters. The van der Waals surface area contributed by atoms with Gasteiger partial charge in [0.1, 0.15) is 10.8 Å². The van der Waals surface area contributed by atoms with E-state index >= 15 is 0 Å². The van der Waals surface area contributed by atoms with E-state index in [1.807, 2.05) is 49.4 Å². The van der Waals surface area contributed by atoms with Crippen molar-refractivity contribution in [3.63, 3.8) is 0 Å². The van der Waals surface area contributed by atoms with Gasteiger partial charge >= 0.3 is 0 Å². The number of hydrogen-bond donors (Lipinski definition) is 1. The molecule has 0 spiro atoms. The van der Waals surface area contributed by atoms with Crippen LogP contribution in [0.2, 0.25) is 0 Å². The van der Waals surface area contributed by atoms with Gasteiger partial charge < -0.3 is 14.6 Å². The monoisotopic (exact) mass is 457 g/mol. The van der Waals surface area contributed by atoms with E-state index in [1.165, 1.54) is 5.56 Å². The van der Waals surface area contributed by atoms with E-state index in [1.54, 1.807) is 25.1 Å². The van der Waals surface area contributed by atoms with Crippen molar-refractivity contribution in [2.75, 3.05) is 7.11 Å². The first-order valence-electron chi connectivity index (χ1n) is 10.6. The van der Waals surface area contributed by atoms with Crippen LogP contribution in [0.3, 0.4) is 0 Å². The number of nitrogens with zero attached hydrogens (tertiary/aromatic N) is 3. The molecule has 7 heteroatoms. The molecule has 0 saturated heterocycles. The van der Waals surface area contributed by atoms with Crippen molar-refractivity contribution in [3.8, 4) is 28.8 Å². The summed E-state index contributed by atoms with van der Waals surface area (Å²) in [7, 11) is 1.64. The number of ether oxygens (including phenoxy) is 2. The molecule has 2 aromatic carbocycles. The summed E-state index contributed by atoms with van der Waals surface area (Å²) in [6.45, 7) is 1.80. The van der Waals surface area contributed by atoms with Gasteiger partial charge in [0, 0.05) is 29.5 Å². The molecule has 0 radical (unpaired) electrons. The maximum atomic E-state index is 9.86. The van der Waals surface area contributed by atoms with Gasteiger partial charge in [0.05, 0.1) is 30.5 Å². The predicted octanol–water partition coefficient (Wildman–Crippen LogP) is 5.34. The first kappa shape index (κ1) is 21.4. The number of thioether (sulfide) groups is 1. The third-order valence-corrected chi connectivity index (χ3v) is 6.71. The van der Waals surface area contributed by atoms with Crippen molar-refractivity contribution in [3.05, 3.63) is 88.7 Å². The SMILES string of the molecule is COc1ccccc1-c1nc2c(c(SCc3ccccc3)n1)Cc1c(CO)cnc(C)c1O2.